The van der Waals surface area contributed by atoms with Gasteiger partial charge in [-0.15, -0.1) is 0 Å². The van der Waals surface area contributed by atoms with Crippen molar-refractivity contribution in [1.29, 1.82) is 5.41 Å². The van der Waals surface area contributed by atoms with Crippen molar-refractivity contribution in [2.24, 2.45) is 5.73 Å². The zero-order chi connectivity index (χ0) is 25.9. The summed E-state index contributed by atoms with van der Waals surface area (Å²) in [5, 5.41) is 15.8. The molecule has 0 aliphatic carbocycles. The maximum atomic E-state index is 12.9. The number of rotatable bonds is 11. The molecule has 3 aromatic carbocycles. The predicted molar refractivity (Wildman–Crippen MR) is 137 cm³/mol. The maximum Gasteiger partial charge on any atom is 0.338 e. The zero-order valence-corrected chi connectivity index (χ0v) is 19.9. The van der Waals surface area contributed by atoms with E-state index in [2.05, 4.69) is 16.0 Å². The molecule has 0 aliphatic rings. The second-order valence-electron chi connectivity index (χ2n) is 7.86. The van der Waals surface area contributed by atoms with E-state index in [1.807, 2.05) is 60.7 Å². The summed E-state index contributed by atoms with van der Waals surface area (Å²) >= 11 is 0. The molecule has 0 aliphatic heterocycles. The van der Waals surface area contributed by atoms with E-state index in [1.165, 1.54) is 0 Å². The summed E-state index contributed by atoms with van der Waals surface area (Å²) in [6.45, 7) is 1.36. The number of benzene rings is 3. The average molecular weight is 488 g/mol. The molecule has 0 aromatic heterocycles. The fourth-order valence-corrected chi connectivity index (χ4v) is 3.53. The molecule has 0 bridgehead atoms. The van der Waals surface area contributed by atoms with Crippen molar-refractivity contribution in [1.82, 2.24) is 10.6 Å². The van der Waals surface area contributed by atoms with E-state index in [9.17, 15) is 14.4 Å². The first-order valence-corrected chi connectivity index (χ1v) is 11.4. The van der Waals surface area contributed by atoms with Crippen LogP contribution in [-0.2, 0) is 19.1 Å². The lowest BCUT2D eigenvalue weighted by Crippen LogP contribution is -2.48. The highest BCUT2D eigenvalue weighted by molar-refractivity contribution is 6.05. The highest BCUT2D eigenvalue weighted by atomic mass is 16.5. The van der Waals surface area contributed by atoms with E-state index in [1.54, 1.807) is 31.2 Å². The molecule has 9 heteroatoms. The first-order chi connectivity index (χ1) is 17.4. The smallest absolute Gasteiger partial charge is 0.338 e. The number of amides is 2. The Bertz CT molecular complexity index is 1160. The number of ether oxygens (including phenoxy) is 1. The van der Waals surface area contributed by atoms with E-state index in [4.69, 9.17) is 15.9 Å². The van der Waals surface area contributed by atoms with Crippen molar-refractivity contribution >= 4 is 29.3 Å². The van der Waals surface area contributed by atoms with Crippen LogP contribution in [0.1, 0.15) is 29.7 Å². The molecule has 0 heterocycles. The number of hydrogen-bond donors (Lipinski definition) is 5. The molecule has 1 atom stereocenters. The quantitative estimate of drug-likeness (QED) is 0.121. The lowest BCUT2D eigenvalue weighted by atomic mass is 9.99. The van der Waals surface area contributed by atoms with Crippen molar-refractivity contribution in [3.63, 3.8) is 0 Å². The number of amidine groups is 1. The molecule has 9 nitrogen and oxygen atoms in total. The standard InChI is InChI=1S/C27H29N5O4/c1-2-36-27(35)24(31-21-15-9-14-20(16-21)25(28)29)26(34)30-17-22(33)32-23(18-10-5-3-6-11-18)19-12-7-4-8-13-19/h3-16,23-24,31H,2,17H2,1H3,(H3,28,29)(H,30,34)(H,32,33). The number of anilines is 1. The van der Waals surface area contributed by atoms with Crippen LogP contribution in [0.2, 0.25) is 0 Å². The Hall–Kier alpha value is -4.66. The summed E-state index contributed by atoms with van der Waals surface area (Å²) in [4.78, 5) is 38.2. The molecule has 3 aromatic rings. The Labute approximate surface area is 209 Å². The van der Waals surface area contributed by atoms with Gasteiger partial charge in [-0.25, -0.2) is 4.79 Å². The molecule has 3 rings (SSSR count). The lowest BCUT2D eigenvalue weighted by Gasteiger charge is -2.21. The fourth-order valence-electron chi connectivity index (χ4n) is 3.53. The van der Waals surface area contributed by atoms with E-state index < -0.39 is 29.9 Å². The van der Waals surface area contributed by atoms with Crippen molar-refractivity contribution in [3.8, 4) is 0 Å². The third-order valence-electron chi connectivity index (χ3n) is 5.26. The Balaban J connectivity index is 1.69. The maximum absolute atomic E-state index is 12.9. The summed E-state index contributed by atoms with van der Waals surface area (Å²) in [7, 11) is 0. The number of carbonyl (C=O) groups is 3. The summed E-state index contributed by atoms with van der Waals surface area (Å²) < 4.78 is 5.03. The normalized spacial score (nSPS) is 11.3. The zero-order valence-electron chi connectivity index (χ0n) is 19.9. The number of carbonyl (C=O) groups excluding carboxylic acids is 3. The monoisotopic (exact) mass is 487 g/mol. The number of nitrogens with one attached hydrogen (secondary N) is 4. The second-order valence-corrected chi connectivity index (χ2v) is 7.86. The minimum Gasteiger partial charge on any atom is -0.464 e. The highest BCUT2D eigenvalue weighted by Gasteiger charge is 2.29. The lowest BCUT2D eigenvalue weighted by molar-refractivity contribution is -0.147. The molecule has 0 fully saturated rings. The highest BCUT2D eigenvalue weighted by Crippen LogP contribution is 2.21. The van der Waals surface area contributed by atoms with E-state index in [0.717, 1.165) is 11.1 Å². The third kappa shape index (κ3) is 7.17. The molecule has 6 N–H and O–H groups in total. The van der Waals surface area contributed by atoms with Gasteiger partial charge < -0.3 is 26.4 Å². The molecule has 0 saturated heterocycles. The second kappa shape index (κ2) is 12.7. The van der Waals surface area contributed by atoms with Gasteiger partial charge >= 0.3 is 5.97 Å². The van der Waals surface area contributed by atoms with Gasteiger partial charge in [0.05, 0.1) is 19.2 Å². The van der Waals surface area contributed by atoms with Crippen LogP contribution in [0.15, 0.2) is 84.9 Å². The molecular weight excluding hydrogens is 458 g/mol. The van der Waals surface area contributed by atoms with Crippen LogP contribution < -0.4 is 21.7 Å². The predicted octanol–water partition coefficient (Wildman–Crippen LogP) is 2.34. The molecule has 0 radical (unpaired) electrons. The Morgan fingerprint density at radius 2 is 1.53 bits per heavy atom. The molecular formula is C27H29N5O4. The molecule has 36 heavy (non-hydrogen) atoms. The van der Waals surface area contributed by atoms with Crippen molar-refractivity contribution in [3.05, 3.63) is 102 Å². The first kappa shape index (κ1) is 26.0. The van der Waals surface area contributed by atoms with Crippen molar-refractivity contribution in [2.75, 3.05) is 18.5 Å². The molecule has 0 saturated carbocycles. The van der Waals surface area contributed by atoms with Gasteiger partial charge in [0, 0.05) is 11.3 Å². The van der Waals surface area contributed by atoms with Gasteiger partial charge in [-0.05, 0) is 30.2 Å². The Kier molecular flexibility index (Phi) is 9.16. The van der Waals surface area contributed by atoms with Crippen LogP contribution in [0.25, 0.3) is 0 Å². The van der Waals surface area contributed by atoms with E-state index in [-0.39, 0.29) is 19.0 Å². The first-order valence-electron chi connectivity index (χ1n) is 11.4. The summed E-state index contributed by atoms with van der Waals surface area (Å²) in [6, 6.07) is 23.6. The Morgan fingerprint density at radius 3 is 2.08 bits per heavy atom. The van der Waals surface area contributed by atoms with Gasteiger partial charge in [-0.2, -0.15) is 0 Å². The van der Waals surface area contributed by atoms with Gasteiger partial charge in [0.1, 0.15) is 5.84 Å². The number of nitrogen functional groups attached to an aromatic ring is 1. The van der Waals surface area contributed by atoms with Crippen molar-refractivity contribution in [2.45, 2.75) is 19.0 Å². The molecule has 2 amide bonds. The Morgan fingerprint density at radius 1 is 0.917 bits per heavy atom. The largest absolute Gasteiger partial charge is 0.464 e. The number of nitrogens with two attached hydrogens (primary N) is 1. The van der Waals surface area contributed by atoms with Gasteiger partial charge in [0.2, 0.25) is 11.9 Å². The van der Waals surface area contributed by atoms with Crippen LogP contribution in [0.3, 0.4) is 0 Å². The summed E-state index contributed by atoms with van der Waals surface area (Å²) in [5.74, 6) is -2.11. The van der Waals surface area contributed by atoms with Gasteiger partial charge in [-0.1, -0.05) is 72.8 Å². The topological polar surface area (TPSA) is 146 Å². The van der Waals surface area contributed by atoms with Crippen LogP contribution in [0.4, 0.5) is 5.69 Å². The fraction of sp³-hybridized carbons (Fsp3) is 0.185. The van der Waals surface area contributed by atoms with E-state index >= 15 is 0 Å². The summed E-state index contributed by atoms with van der Waals surface area (Å²) in [5.41, 5.74) is 8.13. The average Bonchev–Trinajstić information content (AvgIpc) is 2.90. The molecule has 0 spiro atoms. The number of esters is 1. The van der Waals surface area contributed by atoms with Crippen LogP contribution in [-0.4, -0.2) is 42.8 Å². The summed E-state index contributed by atoms with van der Waals surface area (Å²) in [6.07, 6.45) is 0. The van der Waals surface area contributed by atoms with Crippen LogP contribution in [0, 0.1) is 5.41 Å². The minimum atomic E-state index is -1.40. The van der Waals surface area contributed by atoms with Crippen molar-refractivity contribution < 1.29 is 19.1 Å². The van der Waals surface area contributed by atoms with Crippen LogP contribution >= 0.6 is 0 Å². The number of hydrogen-bond acceptors (Lipinski definition) is 6. The minimum absolute atomic E-state index is 0.0775. The third-order valence-corrected chi connectivity index (χ3v) is 5.26. The van der Waals surface area contributed by atoms with Gasteiger partial charge in [-0.3, -0.25) is 15.0 Å². The van der Waals surface area contributed by atoms with E-state index in [0.29, 0.717) is 11.3 Å². The molecule has 186 valence electrons. The van der Waals surface area contributed by atoms with Gasteiger partial charge in [0.15, 0.2) is 0 Å². The van der Waals surface area contributed by atoms with Crippen LogP contribution in [0.5, 0.6) is 0 Å². The molecule has 1 unspecified atom stereocenters. The van der Waals surface area contributed by atoms with Gasteiger partial charge in [0.25, 0.3) is 5.91 Å². The SMILES string of the molecule is CCOC(=O)C(Nc1cccc(C(=N)N)c1)C(=O)NCC(=O)NC(c1ccccc1)c1ccccc1.